The summed E-state index contributed by atoms with van der Waals surface area (Å²) in [5, 5.41) is 3.27. The van der Waals surface area contributed by atoms with Gasteiger partial charge in [-0.25, -0.2) is 8.42 Å². The van der Waals surface area contributed by atoms with Gasteiger partial charge in [-0.2, -0.15) is 4.31 Å². The molecule has 0 aromatic heterocycles. The van der Waals surface area contributed by atoms with E-state index < -0.39 is 10.0 Å². The zero-order valence-corrected chi connectivity index (χ0v) is 17.4. The first kappa shape index (κ1) is 19.3. The molecule has 1 aliphatic heterocycles. The van der Waals surface area contributed by atoms with Crippen molar-refractivity contribution < 1.29 is 13.2 Å². The zero-order valence-electron chi connectivity index (χ0n) is 15.8. The van der Waals surface area contributed by atoms with Gasteiger partial charge in [0.2, 0.25) is 15.9 Å². The van der Waals surface area contributed by atoms with Crippen LogP contribution in [0.3, 0.4) is 0 Å². The van der Waals surface area contributed by atoms with Crippen molar-refractivity contribution >= 4 is 27.7 Å². The normalized spacial score (nSPS) is 29.1. The second-order valence-corrected chi connectivity index (χ2v) is 11.0. The fraction of sp³-hybridized carbons (Fsp3) is 0.650. The standard InChI is InChI=1S/C20H28N2O3S2/c1-26-17-4-6-18(7-5-17)27(24,25)22-10-8-15(9-11-22)20(23)21-19-13-14-2-3-16(19)12-14/h4-7,14-16,19H,2-3,8-13H2,1H3,(H,21,23)/t14-,16-,19+/m1/s1. The first-order chi connectivity index (χ1) is 13.0. The predicted molar refractivity (Wildman–Crippen MR) is 107 cm³/mol. The largest absolute Gasteiger partial charge is 0.353 e. The van der Waals surface area contributed by atoms with E-state index in [0.29, 0.717) is 42.8 Å². The number of fused-ring (bicyclic) bond motifs is 2. The summed E-state index contributed by atoms with van der Waals surface area (Å²) in [6, 6.07) is 7.39. The van der Waals surface area contributed by atoms with Crippen molar-refractivity contribution in [2.24, 2.45) is 17.8 Å². The van der Waals surface area contributed by atoms with Crippen molar-refractivity contribution in [1.29, 1.82) is 0 Å². The SMILES string of the molecule is CSc1ccc(S(=O)(=O)N2CCC(C(=O)N[C@H]3C[C@@H]4CC[C@@H]3C4)CC2)cc1. The van der Waals surface area contributed by atoms with E-state index >= 15 is 0 Å². The van der Waals surface area contributed by atoms with Gasteiger partial charge in [-0.3, -0.25) is 4.79 Å². The van der Waals surface area contributed by atoms with Gasteiger partial charge < -0.3 is 5.32 Å². The topological polar surface area (TPSA) is 66.5 Å². The van der Waals surface area contributed by atoms with Crippen LogP contribution in [-0.4, -0.2) is 44.0 Å². The molecule has 5 nitrogen and oxygen atoms in total. The van der Waals surface area contributed by atoms with Crippen LogP contribution in [0.4, 0.5) is 0 Å². The highest BCUT2D eigenvalue weighted by atomic mass is 32.2. The molecule has 3 atom stereocenters. The summed E-state index contributed by atoms with van der Waals surface area (Å²) >= 11 is 1.59. The minimum atomic E-state index is -3.47. The lowest BCUT2D eigenvalue weighted by atomic mass is 9.93. The van der Waals surface area contributed by atoms with Crippen LogP contribution in [0.5, 0.6) is 0 Å². The maximum absolute atomic E-state index is 12.8. The van der Waals surface area contributed by atoms with Gasteiger partial charge in [0, 0.05) is 29.9 Å². The van der Waals surface area contributed by atoms with Crippen LogP contribution in [0.1, 0.15) is 38.5 Å². The molecule has 0 unspecified atom stereocenters. The summed E-state index contributed by atoms with van der Waals surface area (Å²) in [5.41, 5.74) is 0. The van der Waals surface area contributed by atoms with E-state index in [-0.39, 0.29) is 11.8 Å². The highest BCUT2D eigenvalue weighted by Gasteiger charge is 2.41. The third kappa shape index (κ3) is 3.91. The summed E-state index contributed by atoms with van der Waals surface area (Å²) < 4.78 is 27.2. The van der Waals surface area contributed by atoms with Gasteiger partial charge in [0.1, 0.15) is 0 Å². The van der Waals surface area contributed by atoms with Gasteiger partial charge in [0.15, 0.2) is 0 Å². The summed E-state index contributed by atoms with van der Waals surface area (Å²) in [7, 11) is -3.47. The average molecular weight is 409 g/mol. The molecule has 1 N–H and O–H groups in total. The Morgan fingerprint density at radius 1 is 1.07 bits per heavy atom. The highest BCUT2D eigenvalue weighted by molar-refractivity contribution is 7.98. The Morgan fingerprint density at radius 2 is 1.78 bits per heavy atom. The molecule has 2 saturated carbocycles. The molecular weight excluding hydrogens is 380 g/mol. The Hall–Kier alpha value is -1.05. The van der Waals surface area contributed by atoms with E-state index in [1.165, 1.54) is 23.6 Å². The lowest BCUT2D eigenvalue weighted by molar-refractivity contribution is -0.127. The molecular formula is C20H28N2O3S2. The molecule has 2 aliphatic carbocycles. The maximum Gasteiger partial charge on any atom is 0.243 e. The van der Waals surface area contributed by atoms with Gasteiger partial charge in [0.05, 0.1) is 4.90 Å². The van der Waals surface area contributed by atoms with E-state index in [2.05, 4.69) is 5.32 Å². The summed E-state index contributed by atoms with van der Waals surface area (Å²) in [5.74, 6) is 1.55. The number of piperidine rings is 1. The number of rotatable bonds is 5. The molecule has 27 heavy (non-hydrogen) atoms. The lowest BCUT2D eigenvalue weighted by Gasteiger charge is -2.32. The van der Waals surface area contributed by atoms with E-state index in [1.807, 2.05) is 18.4 Å². The van der Waals surface area contributed by atoms with Crippen LogP contribution in [0.2, 0.25) is 0 Å². The number of nitrogens with zero attached hydrogens (tertiary/aromatic N) is 1. The van der Waals surface area contributed by atoms with Crippen molar-refractivity contribution in [3.63, 3.8) is 0 Å². The van der Waals surface area contributed by atoms with Gasteiger partial charge >= 0.3 is 0 Å². The number of hydrogen-bond donors (Lipinski definition) is 1. The van der Waals surface area contributed by atoms with E-state index in [4.69, 9.17) is 0 Å². The van der Waals surface area contributed by atoms with Crippen molar-refractivity contribution in [3.05, 3.63) is 24.3 Å². The molecule has 1 aromatic carbocycles. The third-order valence-corrected chi connectivity index (χ3v) is 9.24. The Labute approximate surface area is 166 Å². The summed E-state index contributed by atoms with van der Waals surface area (Å²) in [6.07, 6.45) is 8.17. The Balaban J connectivity index is 1.33. The predicted octanol–water partition coefficient (Wildman–Crippen LogP) is 3.11. The van der Waals surface area contributed by atoms with E-state index in [9.17, 15) is 13.2 Å². The smallest absolute Gasteiger partial charge is 0.243 e. The van der Waals surface area contributed by atoms with Crippen molar-refractivity contribution in [2.45, 2.75) is 54.4 Å². The number of carbonyl (C=O) groups excluding carboxylic acids is 1. The Kier molecular flexibility index (Phi) is 5.54. The van der Waals surface area contributed by atoms with Gasteiger partial charge in [-0.15, -0.1) is 11.8 Å². The molecule has 0 spiro atoms. The van der Waals surface area contributed by atoms with Gasteiger partial charge in [0.25, 0.3) is 0 Å². The first-order valence-corrected chi connectivity index (χ1v) is 12.6. The molecule has 1 aromatic rings. The van der Waals surface area contributed by atoms with E-state index in [0.717, 1.165) is 17.2 Å². The molecule has 1 amide bonds. The monoisotopic (exact) mass is 408 g/mol. The number of benzene rings is 1. The molecule has 7 heteroatoms. The second-order valence-electron chi connectivity index (χ2n) is 8.14. The van der Waals surface area contributed by atoms with Crippen molar-refractivity contribution in [2.75, 3.05) is 19.3 Å². The fourth-order valence-electron chi connectivity index (χ4n) is 4.98. The van der Waals surface area contributed by atoms with Crippen LogP contribution < -0.4 is 5.32 Å². The fourth-order valence-corrected chi connectivity index (χ4v) is 6.86. The Morgan fingerprint density at radius 3 is 2.33 bits per heavy atom. The maximum atomic E-state index is 12.8. The molecule has 2 bridgehead atoms. The highest BCUT2D eigenvalue weighted by Crippen LogP contribution is 2.44. The molecule has 1 saturated heterocycles. The van der Waals surface area contributed by atoms with Crippen LogP contribution in [-0.2, 0) is 14.8 Å². The van der Waals surface area contributed by atoms with E-state index in [1.54, 1.807) is 23.9 Å². The number of thioether (sulfide) groups is 1. The number of hydrogen-bond acceptors (Lipinski definition) is 4. The molecule has 148 valence electrons. The van der Waals surface area contributed by atoms with Crippen LogP contribution in [0, 0.1) is 17.8 Å². The van der Waals surface area contributed by atoms with Gasteiger partial charge in [-0.1, -0.05) is 6.42 Å². The molecule has 1 heterocycles. The summed E-state index contributed by atoms with van der Waals surface area (Å²) in [6.45, 7) is 0.836. The minimum Gasteiger partial charge on any atom is -0.353 e. The van der Waals surface area contributed by atoms with Crippen LogP contribution in [0.15, 0.2) is 34.1 Å². The Bertz CT molecular complexity index is 786. The quantitative estimate of drug-likeness (QED) is 0.760. The molecule has 3 fully saturated rings. The van der Waals surface area contributed by atoms with Crippen LogP contribution in [0.25, 0.3) is 0 Å². The number of nitrogens with one attached hydrogen (secondary N) is 1. The molecule has 4 rings (SSSR count). The minimum absolute atomic E-state index is 0.0607. The summed E-state index contributed by atoms with van der Waals surface area (Å²) in [4.78, 5) is 14.0. The number of amides is 1. The number of sulfonamides is 1. The van der Waals surface area contributed by atoms with Crippen molar-refractivity contribution in [3.8, 4) is 0 Å². The molecule has 3 aliphatic rings. The molecule has 0 radical (unpaired) electrons. The second kappa shape index (κ2) is 7.76. The third-order valence-electron chi connectivity index (χ3n) is 6.59. The lowest BCUT2D eigenvalue weighted by Crippen LogP contribution is -2.46. The van der Waals surface area contributed by atoms with Gasteiger partial charge in [-0.05, 0) is 74.5 Å². The number of carbonyl (C=O) groups is 1. The zero-order chi connectivity index (χ0) is 19.0. The van der Waals surface area contributed by atoms with Crippen molar-refractivity contribution in [1.82, 2.24) is 9.62 Å². The average Bonchev–Trinajstić information content (AvgIpc) is 3.31. The van der Waals surface area contributed by atoms with Crippen LogP contribution >= 0.6 is 11.8 Å². The first-order valence-electron chi connectivity index (χ1n) is 9.92.